The summed E-state index contributed by atoms with van der Waals surface area (Å²) in [6.07, 6.45) is 1.07. The molecule has 0 saturated heterocycles. The minimum atomic E-state index is -1.04. The van der Waals surface area contributed by atoms with Gasteiger partial charge in [-0.3, -0.25) is 5.32 Å². The van der Waals surface area contributed by atoms with Gasteiger partial charge in [-0.25, -0.2) is 14.6 Å². The van der Waals surface area contributed by atoms with E-state index >= 15 is 0 Å². The maximum absolute atomic E-state index is 11.8. The number of amides is 2. The predicted octanol–water partition coefficient (Wildman–Crippen LogP) is 2.67. The molecule has 2 rings (SSSR count). The minimum Gasteiger partial charge on any atom is -0.480 e. The molecule has 1 heterocycles. The number of hydrogen-bond donors (Lipinski definition) is 3. The Morgan fingerprint density at radius 1 is 1.40 bits per heavy atom. The number of carbonyl (C=O) groups is 2. The molecule has 2 amide bonds. The zero-order valence-corrected chi connectivity index (χ0v) is 11.7. The van der Waals surface area contributed by atoms with Crippen LogP contribution in [0.2, 0.25) is 0 Å². The number of aromatic nitrogens is 1. The fourth-order valence-corrected chi connectivity index (χ4v) is 2.62. The number of nitrogens with zero attached hydrogens (tertiary/aromatic N) is 1. The second-order valence-corrected chi connectivity index (χ2v) is 5.30. The number of carboxylic acids is 1. The van der Waals surface area contributed by atoms with Crippen molar-refractivity contribution in [1.29, 1.82) is 0 Å². The Kier molecular flexibility index (Phi) is 4.52. The second-order valence-electron chi connectivity index (χ2n) is 4.26. The third kappa shape index (κ3) is 3.45. The highest BCUT2D eigenvalue weighted by molar-refractivity contribution is 7.22. The zero-order chi connectivity index (χ0) is 14.5. The van der Waals surface area contributed by atoms with Gasteiger partial charge in [-0.05, 0) is 18.6 Å². The molecule has 3 N–H and O–H groups in total. The number of nitrogens with one attached hydrogen (secondary N) is 2. The summed E-state index contributed by atoms with van der Waals surface area (Å²) in [4.78, 5) is 27.0. The van der Waals surface area contributed by atoms with Crippen LogP contribution in [0.5, 0.6) is 0 Å². The number of benzene rings is 1. The highest BCUT2D eigenvalue weighted by Gasteiger charge is 2.19. The Morgan fingerprint density at radius 2 is 2.15 bits per heavy atom. The zero-order valence-electron chi connectivity index (χ0n) is 10.9. The molecule has 1 atom stereocenters. The van der Waals surface area contributed by atoms with Gasteiger partial charge in [-0.2, -0.15) is 0 Å². The van der Waals surface area contributed by atoms with E-state index in [0.29, 0.717) is 18.0 Å². The summed E-state index contributed by atoms with van der Waals surface area (Å²) in [5.41, 5.74) is 0.802. The number of fused-ring (bicyclic) bond motifs is 1. The lowest BCUT2D eigenvalue weighted by molar-refractivity contribution is -0.139. The third-order valence-electron chi connectivity index (χ3n) is 2.70. The number of carbonyl (C=O) groups excluding carboxylic acids is 1. The minimum absolute atomic E-state index is 0.391. The van der Waals surface area contributed by atoms with Crippen LogP contribution in [0.1, 0.15) is 19.8 Å². The van der Waals surface area contributed by atoms with E-state index in [2.05, 4.69) is 15.6 Å². The van der Waals surface area contributed by atoms with E-state index in [1.165, 1.54) is 11.3 Å². The van der Waals surface area contributed by atoms with Gasteiger partial charge in [0.05, 0.1) is 10.2 Å². The number of aliphatic carboxylic acids is 1. The lowest BCUT2D eigenvalue weighted by Gasteiger charge is -2.13. The molecule has 2 aromatic rings. The second kappa shape index (κ2) is 6.33. The van der Waals surface area contributed by atoms with Crippen LogP contribution in [0.4, 0.5) is 9.93 Å². The maximum Gasteiger partial charge on any atom is 0.326 e. The normalized spacial score (nSPS) is 12.1. The van der Waals surface area contributed by atoms with Crippen molar-refractivity contribution in [3.63, 3.8) is 0 Å². The first-order valence-electron chi connectivity index (χ1n) is 6.26. The largest absolute Gasteiger partial charge is 0.480 e. The van der Waals surface area contributed by atoms with E-state index in [0.717, 1.165) is 10.2 Å². The molecule has 1 aromatic carbocycles. The molecule has 20 heavy (non-hydrogen) atoms. The van der Waals surface area contributed by atoms with Crippen molar-refractivity contribution in [2.75, 3.05) is 5.32 Å². The average molecular weight is 293 g/mol. The number of urea groups is 1. The summed E-state index contributed by atoms with van der Waals surface area (Å²) < 4.78 is 0.964. The van der Waals surface area contributed by atoms with Crippen molar-refractivity contribution < 1.29 is 14.7 Å². The van der Waals surface area contributed by atoms with Gasteiger partial charge in [0.1, 0.15) is 6.04 Å². The van der Waals surface area contributed by atoms with Crippen molar-refractivity contribution in [1.82, 2.24) is 10.3 Å². The molecule has 0 fully saturated rings. The third-order valence-corrected chi connectivity index (χ3v) is 3.65. The molecule has 7 heteroatoms. The van der Waals surface area contributed by atoms with Crippen molar-refractivity contribution in [2.24, 2.45) is 0 Å². The Bertz CT molecular complexity index is 593. The first-order valence-corrected chi connectivity index (χ1v) is 7.07. The lowest BCUT2D eigenvalue weighted by Crippen LogP contribution is -2.42. The van der Waals surface area contributed by atoms with Gasteiger partial charge in [0, 0.05) is 0 Å². The Morgan fingerprint density at radius 3 is 2.80 bits per heavy atom. The molecule has 6 nitrogen and oxygen atoms in total. The number of para-hydroxylation sites is 1. The van der Waals surface area contributed by atoms with Crippen LogP contribution in [0, 0.1) is 0 Å². The molecular formula is C13H15N3O3S. The predicted molar refractivity (Wildman–Crippen MR) is 78.1 cm³/mol. The van der Waals surface area contributed by atoms with E-state index < -0.39 is 18.0 Å². The lowest BCUT2D eigenvalue weighted by atomic mass is 10.2. The van der Waals surface area contributed by atoms with Crippen LogP contribution in [-0.2, 0) is 4.79 Å². The Labute approximate surface area is 119 Å². The van der Waals surface area contributed by atoms with Crippen LogP contribution >= 0.6 is 11.3 Å². The maximum atomic E-state index is 11.8. The molecule has 0 aliphatic heterocycles. The molecular weight excluding hydrogens is 278 g/mol. The van der Waals surface area contributed by atoms with Gasteiger partial charge in [0.25, 0.3) is 0 Å². The van der Waals surface area contributed by atoms with Crippen molar-refractivity contribution in [2.45, 2.75) is 25.8 Å². The standard InChI is InChI=1S/C13H15N3O3S/c1-2-5-9(11(17)18)14-12(19)16-13-15-8-6-3-4-7-10(8)20-13/h3-4,6-7,9H,2,5H2,1H3,(H,17,18)(H2,14,15,16,19)/t9-/m1/s1. The number of thiazole rings is 1. The molecule has 1 aromatic heterocycles. The van der Waals surface area contributed by atoms with Crippen molar-refractivity contribution in [3.8, 4) is 0 Å². The molecule has 0 bridgehead atoms. The fourth-order valence-electron chi connectivity index (χ4n) is 1.76. The van der Waals surface area contributed by atoms with E-state index in [4.69, 9.17) is 5.11 Å². The molecule has 106 valence electrons. The van der Waals surface area contributed by atoms with Gasteiger partial charge in [-0.15, -0.1) is 0 Å². The monoisotopic (exact) mass is 293 g/mol. The number of anilines is 1. The van der Waals surface area contributed by atoms with E-state index in [9.17, 15) is 9.59 Å². The quantitative estimate of drug-likeness (QED) is 0.790. The van der Waals surface area contributed by atoms with Crippen LogP contribution in [0.25, 0.3) is 10.2 Å². The molecule has 0 spiro atoms. The summed E-state index contributed by atoms with van der Waals surface area (Å²) in [6, 6.07) is 6.10. The fraction of sp³-hybridized carbons (Fsp3) is 0.308. The summed E-state index contributed by atoms with van der Waals surface area (Å²) in [5.74, 6) is -1.04. The number of rotatable bonds is 5. The van der Waals surface area contributed by atoms with Crippen LogP contribution in [0.3, 0.4) is 0 Å². The van der Waals surface area contributed by atoms with Crippen molar-refractivity contribution >= 4 is 38.7 Å². The molecule has 0 saturated carbocycles. The average Bonchev–Trinajstić information content (AvgIpc) is 2.79. The first-order chi connectivity index (χ1) is 9.60. The Balaban J connectivity index is 2.01. The van der Waals surface area contributed by atoms with Gasteiger partial charge in [0.2, 0.25) is 0 Å². The van der Waals surface area contributed by atoms with Gasteiger partial charge >= 0.3 is 12.0 Å². The smallest absolute Gasteiger partial charge is 0.326 e. The van der Waals surface area contributed by atoms with E-state index in [1.807, 2.05) is 31.2 Å². The number of carboxylic acid groups (broad SMARTS) is 1. The topological polar surface area (TPSA) is 91.3 Å². The highest BCUT2D eigenvalue weighted by Crippen LogP contribution is 2.25. The molecule has 0 unspecified atom stereocenters. The molecule has 0 aliphatic rings. The Hall–Kier alpha value is -2.15. The van der Waals surface area contributed by atoms with Crippen molar-refractivity contribution in [3.05, 3.63) is 24.3 Å². The van der Waals surface area contributed by atoms with Crippen LogP contribution < -0.4 is 10.6 Å². The SMILES string of the molecule is CCC[C@@H](NC(=O)Nc1nc2ccccc2s1)C(=O)O. The van der Waals surface area contributed by atoms with Crippen LogP contribution in [-0.4, -0.2) is 28.1 Å². The van der Waals surface area contributed by atoms with E-state index in [1.54, 1.807) is 0 Å². The van der Waals surface area contributed by atoms with Gasteiger partial charge in [0.15, 0.2) is 5.13 Å². The van der Waals surface area contributed by atoms with Gasteiger partial charge in [-0.1, -0.05) is 36.8 Å². The number of hydrogen-bond acceptors (Lipinski definition) is 4. The van der Waals surface area contributed by atoms with E-state index in [-0.39, 0.29) is 0 Å². The summed E-state index contributed by atoms with van der Waals surface area (Å²) in [7, 11) is 0. The molecule has 0 radical (unpaired) electrons. The molecule has 0 aliphatic carbocycles. The summed E-state index contributed by atoms with van der Waals surface area (Å²) in [6.45, 7) is 1.86. The van der Waals surface area contributed by atoms with Gasteiger partial charge < -0.3 is 10.4 Å². The van der Waals surface area contributed by atoms with Crippen LogP contribution in [0.15, 0.2) is 24.3 Å². The first kappa shape index (κ1) is 14.3. The summed E-state index contributed by atoms with van der Waals surface area (Å²) in [5, 5.41) is 14.4. The highest BCUT2D eigenvalue weighted by atomic mass is 32.1. The summed E-state index contributed by atoms with van der Waals surface area (Å²) >= 11 is 1.34.